The SMILES string of the molecule is CCC(c1nc2ccccn2c(=O)c1Cc1ccccc1)N(CCCN)C(=O)c1ccc2c(c1)OC(F)(F)O2. The maximum atomic E-state index is 13.9. The molecule has 39 heavy (non-hydrogen) atoms. The topological polar surface area (TPSA) is 99.2 Å². The standard InChI is InChI=1S/C29H28F2N4O4/c1-2-22(34(16-8-14-32)27(36)20-12-13-23-24(18-20)39-29(30,31)38-23)26-21(17-19-9-4-3-5-10-19)28(37)35-15-7-6-11-25(35)33-26/h3-7,9-13,15,18,22H,2,8,14,16-17,32H2,1H3. The molecule has 0 fully saturated rings. The van der Waals surface area contributed by atoms with Crippen molar-refractivity contribution >= 4 is 11.6 Å². The number of halogens is 2. The molecule has 0 saturated heterocycles. The van der Waals surface area contributed by atoms with Gasteiger partial charge in [0.2, 0.25) is 0 Å². The predicted molar refractivity (Wildman–Crippen MR) is 141 cm³/mol. The molecule has 1 unspecified atom stereocenters. The number of pyridine rings is 1. The number of hydrogen-bond donors (Lipinski definition) is 1. The van der Waals surface area contributed by atoms with E-state index in [1.807, 2.05) is 37.3 Å². The van der Waals surface area contributed by atoms with E-state index in [2.05, 4.69) is 9.47 Å². The molecule has 1 aliphatic heterocycles. The highest BCUT2D eigenvalue weighted by Crippen LogP contribution is 2.41. The largest absolute Gasteiger partial charge is 0.586 e. The average molecular weight is 535 g/mol. The summed E-state index contributed by atoms with van der Waals surface area (Å²) in [6, 6.07) is 18.2. The molecule has 202 valence electrons. The van der Waals surface area contributed by atoms with Gasteiger partial charge < -0.3 is 20.1 Å². The van der Waals surface area contributed by atoms with Gasteiger partial charge in [-0.1, -0.05) is 43.3 Å². The van der Waals surface area contributed by atoms with Crippen LogP contribution in [0.25, 0.3) is 5.65 Å². The lowest BCUT2D eigenvalue weighted by Gasteiger charge is -2.32. The molecule has 1 aliphatic rings. The summed E-state index contributed by atoms with van der Waals surface area (Å²) in [6.45, 7) is 2.52. The van der Waals surface area contributed by atoms with Crippen molar-refractivity contribution in [2.45, 2.75) is 38.5 Å². The molecule has 4 aromatic rings. The third-order valence-corrected chi connectivity index (χ3v) is 6.67. The van der Waals surface area contributed by atoms with Gasteiger partial charge in [0.15, 0.2) is 11.5 Å². The summed E-state index contributed by atoms with van der Waals surface area (Å²) >= 11 is 0. The minimum absolute atomic E-state index is 0.146. The third kappa shape index (κ3) is 5.33. The second-order valence-corrected chi connectivity index (χ2v) is 9.27. The minimum Gasteiger partial charge on any atom is -0.395 e. The molecule has 2 N–H and O–H groups in total. The van der Waals surface area contributed by atoms with Crippen LogP contribution in [0.2, 0.25) is 0 Å². The molecule has 3 heterocycles. The van der Waals surface area contributed by atoms with Crippen LogP contribution < -0.4 is 20.8 Å². The van der Waals surface area contributed by atoms with Crippen LogP contribution in [0.15, 0.2) is 77.7 Å². The van der Waals surface area contributed by atoms with Crippen molar-refractivity contribution in [1.82, 2.24) is 14.3 Å². The lowest BCUT2D eigenvalue weighted by molar-refractivity contribution is -0.286. The molecular weight excluding hydrogens is 506 g/mol. The van der Waals surface area contributed by atoms with Crippen molar-refractivity contribution in [2.75, 3.05) is 13.1 Å². The Hall–Kier alpha value is -4.31. The van der Waals surface area contributed by atoms with E-state index in [4.69, 9.17) is 10.7 Å². The highest BCUT2D eigenvalue weighted by Gasteiger charge is 2.44. The zero-order valence-electron chi connectivity index (χ0n) is 21.3. The highest BCUT2D eigenvalue weighted by molar-refractivity contribution is 5.95. The molecule has 0 radical (unpaired) electrons. The molecule has 8 nitrogen and oxygen atoms in total. The van der Waals surface area contributed by atoms with Crippen LogP contribution >= 0.6 is 0 Å². The van der Waals surface area contributed by atoms with Crippen LogP contribution in [0, 0.1) is 0 Å². The molecule has 0 saturated carbocycles. The second-order valence-electron chi connectivity index (χ2n) is 9.27. The average Bonchev–Trinajstić information content (AvgIpc) is 3.26. The highest BCUT2D eigenvalue weighted by atomic mass is 19.3. The first-order valence-corrected chi connectivity index (χ1v) is 12.8. The lowest BCUT2D eigenvalue weighted by Crippen LogP contribution is -2.38. The number of carbonyl (C=O) groups excluding carboxylic acids is 1. The summed E-state index contributed by atoms with van der Waals surface area (Å²) in [4.78, 5) is 34.1. The van der Waals surface area contributed by atoms with Gasteiger partial charge in [-0.2, -0.15) is 0 Å². The normalized spacial score (nSPS) is 14.4. The zero-order chi connectivity index (χ0) is 27.6. The smallest absolute Gasteiger partial charge is 0.395 e. The van der Waals surface area contributed by atoms with Crippen LogP contribution in [0.1, 0.15) is 53.0 Å². The number of nitrogens with zero attached hydrogens (tertiary/aromatic N) is 3. The number of rotatable bonds is 9. The number of hydrogen-bond acceptors (Lipinski definition) is 6. The maximum Gasteiger partial charge on any atom is 0.586 e. The molecule has 2 aromatic heterocycles. The maximum absolute atomic E-state index is 13.9. The van der Waals surface area contributed by atoms with E-state index in [0.29, 0.717) is 42.7 Å². The van der Waals surface area contributed by atoms with Gasteiger partial charge >= 0.3 is 6.29 Å². The summed E-state index contributed by atoms with van der Waals surface area (Å²) in [7, 11) is 0. The van der Waals surface area contributed by atoms with Gasteiger partial charge in [0.05, 0.1) is 11.7 Å². The minimum atomic E-state index is -3.79. The van der Waals surface area contributed by atoms with Gasteiger partial charge in [-0.15, -0.1) is 8.78 Å². The Balaban J connectivity index is 1.61. The third-order valence-electron chi connectivity index (χ3n) is 6.67. The van der Waals surface area contributed by atoms with E-state index in [-0.39, 0.29) is 29.2 Å². The Bertz CT molecular complexity index is 1560. The number of alkyl halides is 2. The van der Waals surface area contributed by atoms with Crippen molar-refractivity contribution in [1.29, 1.82) is 0 Å². The summed E-state index contributed by atoms with van der Waals surface area (Å²) < 4.78 is 37.7. The van der Waals surface area contributed by atoms with Gasteiger partial charge in [0.25, 0.3) is 11.5 Å². The number of benzene rings is 2. The number of ether oxygens (including phenoxy) is 2. The monoisotopic (exact) mass is 534 g/mol. The fourth-order valence-corrected chi connectivity index (χ4v) is 4.85. The summed E-state index contributed by atoms with van der Waals surface area (Å²) in [5, 5.41) is 0. The van der Waals surface area contributed by atoms with Gasteiger partial charge in [-0.25, -0.2) is 4.98 Å². The van der Waals surface area contributed by atoms with E-state index >= 15 is 0 Å². The fourth-order valence-electron chi connectivity index (χ4n) is 4.85. The van der Waals surface area contributed by atoms with Crippen molar-refractivity contribution in [3.05, 3.63) is 106 Å². The van der Waals surface area contributed by atoms with Crippen molar-refractivity contribution in [2.24, 2.45) is 5.73 Å². The first kappa shape index (κ1) is 26.3. The number of fused-ring (bicyclic) bond motifs is 2. The molecule has 10 heteroatoms. The van der Waals surface area contributed by atoms with Crippen LogP contribution in [0.5, 0.6) is 11.5 Å². The zero-order valence-corrected chi connectivity index (χ0v) is 21.3. The fraction of sp³-hybridized carbons (Fsp3) is 0.276. The summed E-state index contributed by atoms with van der Waals surface area (Å²) in [5.74, 6) is -0.784. The van der Waals surface area contributed by atoms with Gasteiger partial charge in [0.1, 0.15) is 5.65 Å². The summed E-state index contributed by atoms with van der Waals surface area (Å²) in [5.41, 5.74) is 8.10. The van der Waals surface area contributed by atoms with Gasteiger partial charge in [-0.3, -0.25) is 14.0 Å². The molecular formula is C29H28F2N4O4. The number of amides is 1. The van der Waals surface area contributed by atoms with Gasteiger partial charge in [0, 0.05) is 30.3 Å². The van der Waals surface area contributed by atoms with Crippen LogP contribution in [0.4, 0.5) is 8.78 Å². The molecule has 1 amide bonds. The van der Waals surface area contributed by atoms with Crippen molar-refractivity contribution in [3.63, 3.8) is 0 Å². The molecule has 2 aromatic carbocycles. The first-order chi connectivity index (χ1) is 18.8. The Morgan fingerprint density at radius 2 is 1.82 bits per heavy atom. The van der Waals surface area contributed by atoms with Gasteiger partial charge in [-0.05, 0) is 55.3 Å². The van der Waals surface area contributed by atoms with Crippen LogP contribution in [0.3, 0.4) is 0 Å². The Labute approximate surface area is 223 Å². The van der Waals surface area contributed by atoms with E-state index < -0.39 is 18.2 Å². The number of aromatic nitrogens is 2. The van der Waals surface area contributed by atoms with Crippen molar-refractivity contribution < 1.29 is 23.0 Å². The molecule has 0 bridgehead atoms. The predicted octanol–water partition coefficient (Wildman–Crippen LogP) is 4.55. The Morgan fingerprint density at radius 1 is 1.08 bits per heavy atom. The Kier molecular flexibility index (Phi) is 7.30. The first-order valence-electron chi connectivity index (χ1n) is 12.8. The van der Waals surface area contributed by atoms with Crippen molar-refractivity contribution in [3.8, 4) is 11.5 Å². The van der Waals surface area contributed by atoms with E-state index in [9.17, 15) is 18.4 Å². The molecule has 0 aliphatic carbocycles. The quantitative estimate of drug-likeness (QED) is 0.338. The van der Waals surface area contributed by atoms with E-state index in [1.165, 1.54) is 22.6 Å². The molecule has 0 spiro atoms. The lowest BCUT2D eigenvalue weighted by atomic mass is 9.97. The Morgan fingerprint density at radius 3 is 2.56 bits per heavy atom. The van der Waals surface area contributed by atoms with Crippen LogP contribution in [-0.4, -0.2) is 39.6 Å². The number of carbonyl (C=O) groups is 1. The second kappa shape index (κ2) is 10.8. The number of nitrogens with two attached hydrogens (primary N) is 1. The van der Waals surface area contributed by atoms with E-state index in [0.717, 1.165) is 5.56 Å². The molecule has 5 rings (SSSR count). The van der Waals surface area contributed by atoms with Crippen LogP contribution in [-0.2, 0) is 6.42 Å². The van der Waals surface area contributed by atoms with E-state index in [1.54, 1.807) is 29.3 Å². The summed E-state index contributed by atoms with van der Waals surface area (Å²) in [6.07, 6.45) is -0.849. The molecule has 1 atom stereocenters.